The normalized spacial score (nSPS) is 15.0. The van der Waals surface area contributed by atoms with Crippen LogP contribution in [0.2, 0.25) is 0 Å². The van der Waals surface area contributed by atoms with E-state index in [4.69, 9.17) is 17.0 Å². The molecule has 1 atom stereocenters. The first-order valence-corrected chi connectivity index (χ1v) is 15.5. The summed E-state index contributed by atoms with van der Waals surface area (Å²) in [6.45, 7) is 4.46. The number of allylic oxidation sites excluding steroid dienone is 5. The third-order valence-electron chi connectivity index (χ3n) is 6.45. The van der Waals surface area contributed by atoms with Gasteiger partial charge in [0.2, 0.25) is 0 Å². The smallest absolute Gasteiger partial charge is 0.305 e. The van der Waals surface area contributed by atoms with Gasteiger partial charge in [0, 0.05) is 6.42 Å². The van der Waals surface area contributed by atoms with Crippen molar-refractivity contribution < 1.29 is 9.53 Å². The van der Waals surface area contributed by atoms with E-state index in [0.29, 0.717) is 17.2 Å². The fraction of sp³-hybridized carbons (Fsp3) is 0.733. The van der Waals surface area contributed by atoms with Crippen molar-refractivity contribution in [3.8, 4) is 0 Å². The Balaban J connectivity index is 1.98. The Morgan fingerprint density at radius 1 is 1.00 bits per heavy atom. The second-order valence-corrected chi connectivity index (χ2v) is 12.1. The molecular formula is C30H49NO3S2. The lowest BCUT2D eigenvalue weighted by molar-refractivity contribution is -0.144. The Bertz CT molecular complexity index is 717. The van der Waals surface area contributed by atoms with E-state index in [0.717, 1.165) is 31.3 Å². The molecule has 1 aliphatic rings. The zero-order valence-corrected chi connectivity index (χ0v) is 24.4. The molecule has 36 heavy (non-hydrogen) atoms. The minimum Gasteiger partial charge on any atom is -0.466 e. The van der Waals surface area contributed by atoms with Crippen LogP contribution in [0.25, 0.3) is 0 Å². The zero-order chi connectivity index (χ0) is 26.3. The largest absolute Gasteiger partial charge is 0.466 e. The molecule has 1 rings (SSSR count). The van der Waals surface area contributed by atoms with Crippen LogP contribution in [0.4, 0.5) is 0 Å². The second kappa shape index (κ2) is 21.8. The van der Waals surface area contributed by atoms with Crippen LogP contribution in [0.1, 0.15) is 129 Å². The molecule has 0 aromatic carbocycles. The lowest BCUT2D eigenvalue weighted by Crippen LogP contribution is -2.21. The van der Waals surface area contributed by atoms with Crippen molar-refractivity contribution in [3.05, 3.63) is 40.9 Å². The minimum absolute atomic E-state index is 0.180. The molecule has 4 nitrogen and oxygen atoms in total. The van der Waals surface area contributed by atoms with Crippen molar-refractivity contribution in [1.82, 2.24) is 0 Å². The highest BCUT2D eigenvalue weighted by Crippen LogP contribution is 2.35. The molecule has 1 aliphatic carbocycles. The third-order valence-corrected chi connectivity index (χ3v) is 8.07. The molecule has 0 aromatic heterocycles. The van der Waals surface area contributed by atoms with E-state index in [9.17, 15) is 9.70 Å². The molecule has 0 spiro atoms. The quantitative estimate of drug-likeness (QED) is 0.0454. The fourth-order valence-corrected chi connectivity index (χ4v) is 5.68. The minimum atomic E-state index is -0.953. The van der Waals surface area contributed by atoms with Crippen molar-refractivity contribution in [3.63, 3.8) is 0 Å². The van der Waals surface area contributed by atoms with Crippen LogP contribution in [-0.2, 0) is 9.53 Å². The lowest BCUT2D eigenvalue weighted by atomic mass is 10.1. The number of nitrogens with zero attached hydrogens (tertiary/aromatic N) is 1. The Morgan fingerprint density at radius 3 is 2.19 bits per heavy atom. The van der Waals surface area contributed by atoms with Gasteiger partial charge in [-0.1, -0.05) is 124 Å². The highest BCUT2D eigenvalue weighted by Gasteiger charge is 2.30. The first-order chi connectivity index (χ1) is 17.5. The summed E-state index contributed by atoms with van der Waals surface area (Å²) in [5, 5.41) is 3.27. The number of hydrogen-bond donors (Lipinski definition) is 0. The standard InChI is InChI=1S/C30H49NO3S2/c1-3-4-5-6-7-8-9-10-11-12-13-14-15-16-17-21-26-34-28(32)24-25-30(2,31-33)36-29(35)27-22-19-18-20-23-27/h10-11,19,22-23H,3-9,12-18,20-21,24-26H2,1-2H3/b11-10+. The van der Waals surface area contributed by atoms with Crippen LogP contribution in [-0.4, -0.2) is 21.6 Å². The Labute approximate surface area is 230 Å². The van der Waals surface area contributed by atoms with E-state index in [1.807, 2.05) is 6.08 Å². The van der Waals surface area contributed by atoms with Crippen molar-refractivity contribution in [2.45, 2.75) is 134 Å². The first-order valence-electron chi connectivity index (χ1n) is 14.3. The van der Waals surface area contributed by atoms with Crippen molar-refractivity contribution in [2.75, 3.05) is 6.61 Å². The molecule has 1 unspecified atom stereocenters. The molecule has 0 fully saturated rings. The maximum absolute atomic E-state index is 12.1. The number of carbonyl (C=O) groups excluding carboxylic acids is 1. The number of hydrogen-bond acceptors (Lipinski definition) is 6. The molecule has 0 bridgehead atoms. The molecule has 0 amide bonds. The number of ether oxygens (including phenoxy) is 1. The number of rotatable bonds is 22. The Kier molecular flexibility index (Phi) is 19.8. The summed E-state index contributed by atoms with van der Waals surface area (Å²) in [4.78, 5) is 22.6. The van der Waals surface area contributed by atoms with E-state index in [2.05, 4.69) is 36.4 Å². The van der Waals surface area contributed by atoms with Gasteiger partial charge in [0.1, 0.15) is 0 Å². The highest BCUT2D eigenvalue weighted by atomic mass is 32.2. The number of esters is 1. The fourth-order valence-electron chi connectivity index (χ4n) is 4.08. The molecule has 0 saturated heterocycles. The van der Waals surface area contributed by atoms with E-state index in [1.165, 1.54) is 88.8 Å². The zero-order valence-electron chi connectivity index (χ0n) is 22.8. The topological polar surface area (TPSA) is 55.7 Å². The summed E-state index contributed by atoms with van der Waals surface area (Å²) in [6, 6.07) is 0. The van der Waals surface area contributed by atoms with Crippen molar-refractivity contribution >= 4 is 34.1 Å². The maximum atomic E-state index is 12.1. The summed E-state index contributed by atoms with van der Waals surface area (Å²) in [7, 11) is 0. The monoisotopic (exact) mass is 535 g/mol. The highest BCUT2D eigenvalue weighted by molar-refractivity contribution is 8.24. The van der Waals surface area contributed by atoms with Gasteiger partial charge in [0.05, 0.1) is 10.8 Å². The molecule has 204 valence electrons. The number of carbonyl (C=O) groups is 1. The SMILES string of the molecule is CCCCCCCC/C=C/CCCCCCCCOC(=O)CCC(C)(N=O)SC(=S)C1=CCCC=C1. The van der Waals surface area contributed by atoms with Gasteiger partial charge in [0.25, 0.3) is 0 Å². The predicted molar refractivity (Wildman–Crippen MR) is 160 cm³/mol. The van der Waals surface area contributed by atoms with Gasteiger partial charge in [-0.3, -0.25) is 4.79 Å². The Hall–Kier alpha value is -1.27. The molecule has 0 radical (unpaired) electrons. The van der Waals surface area contributed by atoms with Gasteiger partial charge in [0.15, 0.2) is 4.87 Å². The van der Waals surface area contributed by atoms with Gasteiger partial charge in [-0.15, -0.1) is 4.91 Å². The number of thiocarbonyl (C=S) groups is 1. The van der Waals surface area contributed by atoms with Crippen LogP contribution >= 0.6 is 24.0 Å². The summed E-state index contributed by atoms with van der Waals surface area (Å²) in [5.41, 5.74) is 0.971. The summed E-state index contributed by atoms with van der Waals surface area (Å²) < 4.78 is 6.02. The summed E-state index contributed by atoms with van der Waals surface area (Å²) >= 11 is 6.74. The molecular weight excluding hydrogens is 486 g/mol. The van der Waals surface area contributed by atoms with Gasteiger partial charge >= 0.3 is 5.97 Å². The summed E-state index contributed by atoms with van der Waals surface area (Å²) in [6.07, 6.45) is 30.9. The van der Waals surface area contributed by atoms with Gasteiger partial charge in [-0.25, -0.2) is 0 Å². The average Bonchev–Trinajstić information content (AvgIpc) is 2.89. The van der Waals surface area contributed by atoms with E-state index < -0.39 is 4.87 Å². The van der Waals surface area contributed by atoms with E-state index >= 15 is 0 Å². The van der Waals surface area contributed by atoms with Gasteiger partial charge in [-0.05, 0) is 63.9 Å². The molecule has 0 heterocycles. The molecule has 0 aromatic rings. The predicted octanol–water partition coefficient (Wildman–Crippen LogP) is 10.2. The average molecular weight is 536 g/mol. The number of unbranched alkanes of at least 4 members (excludes halogenated alkanes) is 12. The maximum Gasteiger partial charge on any atom is 0.305 e. The Morgan fingerprint density at radius 2 is 1.61 bits per heavy atom. The molecule has 0 saturated carbocycles. The van der Waals surface area contributed by atoms with Crippen LogP contribution in [0, 0.1) is 4.91 Å². The van der Waals surface area contributed by atoms with Crippen LogP contribution < -0.4 is 0 Å². The van der Waals surface area contributed by atoms with Crippen molar-refractivity contribution in [1.29, 1.82) is 0 Å². The third kappa shape index (κ3) is 17.2. The molecule has 0 aliphatic heterocycles. The van der Waals surface area contributed by atoms with E-state index in [1.54, 1.807) is 6.92 Å². The van der Waals surface area contributed by atoms with Gasteiger partial charge < -0.3 is 4.74 Å². The second-order valence-electron chi connectivity index (χ2n) is 9.95. The first kappa shape index (κ1) is 32.8. The summed E-state index contributed by atoms with van der Waals surface area (Å²) in [5.74, 6) is -0.263. The molecule has 6 heteroatoms. The number of thioether (sulfide) groups is 1. The lowest BCUT2D eigenvalue weighted by Gasteiger charge is -2.21. The van der Waals surface area contributed by atoms with E-state index in [-0.39, 0.29) is 12.4 Å². The van der Waals surface area contributed by atoms with Crippen LogP contribution in [0.5, 0.6) is 0 Å². The van der Waals surface area contributed by atoms with Crippen molar-refractivity contribution in [2.24, 2.45) is 5.18 Å². The number of nitroso groups, excluding NO2 is 1. The van der Waals surface area contributed by atoms with Gasteiger partial charge in [-0.2, -0.15) is 0 Å². The molecule has 0 N–H and O–H groups in total. The van der Waals surface area contributed by atoms with Crippen LogP contribution in [0.3, 0.4) is 0 Å². The van der Waals surface area contributed by atoms with Crippen LogP contribution in [0.15, 0.2) is 41.1 Å².